The third-order valence-corrected chi connectivity index (χ3v) is 5.23. The number of thiophene rings is 1. The molecule has 1 unspecified atom stereocenters. The zero-order chi connectivity index (χ0) is 15.6. The lowest BCUT2D eigenvalue weighted by Gasteiger charge is -2.37. The van der Waals surface area contributed by atoms with Crippen molar-refractivity contribution >= 4 is 23.3 Å². The highest BCUT2D eigenvalue weighted by Gasteiger charge is 2.44. The molecule has 1 aromatic heterocycles. The molecule has 2 amide bonds. The van der Waals surface area contributed by atoms with Gasteiger partial charge in [0, 0.05) is 16.3 Å². The summed E-state index contributed by atoms with van der Waals surface area (Å²) in [6, 6.07) is 1.69. The van der Waals surface area contributed by atoms with Crippen molar-refractivity contribution in [2.24, 2.45) is 5.41 Å². The molecule has 0 aromatic carbocycles. The molecule has 1 fully saturated rings. The third kappa shape index (κ3) is 3.37. The van der Waals surface area contributed by atoms with Crippen molar-refractivity contribution in [1.29, 1.82) is 0 Å². The fourth-order valence-corrected chi connectivity index (χ4v) is 3.75. The summed E-state index contributed by atoms with van der Waals surface area (Å²) in [5, 5.41) is 14.8. The van der Waals surface area contributed by atoms with Crippen molar-refractivity contribution in [3.05, 3.63) is 21.4 Å². The molecule has 1 heterocycles. The van der Waals surface area contributed by atoms with E-state index in [1.807, 2.05) is 20.8 Å². The predicted molar refractivity (Wildman–Crippen MR) is 82.7 cm³/mol. The lowest BCUT2D eigenvalue weighted by molar-refractivity contribution is -0.153. The summed E-state index contributed by atoms with van der Waals surface area (Å²) < 4.78 is 0. The smallest absolute Gasteiger partial charge is 0.315 e. The van der Waals surface area contributed by atoms with Gasteiger partial charge in [0.2, 0.25) is 0 Å². The van der Waals surface area contributed by atoms with Gasteiger partial charge >= 0.3 is 12.0 Å². The molecule has 1 aliphatic rings. The average molecular weight is 310 g/mol. The first-order chi connectivity index (χ1) is 9.84. The SMILES string of the molecule is Cc1cc(C(C)NC(=O)NCC2(C(=O)O)CCC2)c(C)s1. The molecule has 5 nitrogen and oxygen atoms in total. The second-order valence-corrected chi connectivity index (χ2v) is 7.32. The van der Waals surface area contributed by atoms with Crippen molar-refractivity contribution < 1.29 is 14.7 Å². The monoisotopic (exact) mass is 310 g/mol. The predicted octanol–water partition coefficient (Wildman–Crippen LogP) is 2.98. The van der Waals surface area contributed by atoms with Crippen molar-refractivity contribution in [2.45, 2.75) is 46.1 Å². The highest BCUT2D eigenvalue weighted by atomic mass is 32.1. The van der Waals surface area contributed by atoms with E-state index in [0.717, 1.165) is 12.0 Å². The van der Waals surface area contributed by atoms with E-state index >= 15 is 0 Å². The van der Waals surface area contributed by atoms with Crippen molar-refractivity contribution in [3.63, 3.8) is 0 Å². The second-order valence-electron chi connectivity index (χ2n) is 5.86. The Morgan fingerprint density at radius 1 is 1.43 bits per heavy atom. The van der Waals surface area contributed by atoms with E-state index in [2.05, 4.69) is 16.7 Å². The Morgan fingerprint density at radius 3 is 2.52 bits per heavy atom. The zero-order valence-electron chi connectivity index (χ0n) is 12.7. The molecule has 116 valence electrons. The fraction of sp³-hybridized carbons (Fsp3) is 0.600. The van der Waals surface area contributed by atoms with Crippen LogP contribution in [0.5, 0.6) is 0 Å². The molecule has 1 aromatic rings. The molecule has 0 bridgehead atoms. The van der Waals surface area contributed by atoms with E-state index in [1.54, 1.807) is 11.3 Å². The number of hydrogen-bond donors (Lipinski definition) is 3. The lowest BCUT2D eigenvalue weighted by Crippen LogP contribution is -2.50. The minimum atomic E-state index is -0.814. The van der Waals surface area contributed by atoms with E-state index in [-0.39, 0.29) is 18.6 Å². The van der Waals surface area contributed by atoms with Crippen LogP contribution in [-0.2, 0) is 4.79 Å². The van der Waals surface area contributed by atoms with E-state index < -0.39 is 11.4 Å². The number of amides is 2. The highest BCUT2D eigenvalue weighted by molar-refractivity contribution is 7.12. The number of carbonyl (C=O) groups is 2. The minimum absolute atomic E-state index is 0.0860. The molecule has 6 heteroatoms. The number of aliphatic carboxylic acids is 1. The van der Waals surface area contributed by atoms with Gasteiger partial charge in [-0.25, -0.2) is 4.79 Å². The van der Waals surface area contributed by atoms with Crippen molar-refractivity contribution in [3.8, 4) is 0 Å². The number of rotatable bonds is 5. The van der Waals surface area contributed by atoms with E-state index in [1.165, 1.54) is 9.75 Å². The van der Waals surface area contributed by atoms with Crippen LogP contribution in [0.4, 0.5) is 4.79 Å². The van der Waals surface area contributed by atoms with Gasteiger partial charge in [-0.1, -0.05) is 6.42 Å². The molecule has 1 aliphatic carbocycles. The van der Waals surface area contributed by atoms with Crippen LogP contribution >= 0.6 is 11.3 Å². The Morgan fingerprint density at radius 2 is 2.10 bits per heavy atom. The van der Waals surface area contributed by atoms with Gasteiger partial charge < -0.3 is 15.7 Å². The molecule has 0 aliphatic heterocycles. The quantitative estimate of drug-likeness (QED) is 0.782. The molecular weight excluding hydrogens is 288 g/mol. The van der Waals surface area contributed by atoms with Crippen LogP contribution in [0.1, 0.15) is 47.5 Å². The van der Waals surface area contributed by atoms with Gasteiger partial charge in [-0.2, -0.15) is 0 Å². The van der Waals surface area contributed by atoms with E-state index in [9.17, 15) is 14.7 Å². The maximum atomic E-state index is 11.9. The Kier molecular flexibility index (Phi) is 4.56. The van der Waals surface area contributed by atoms with Crippen LogP contribution in [0.15, 0.2) is 6.07 Å². The molecule has 0 radical (unpaired) electrons. The van der Waals surface area contributed by atoms with Gasteiger partial charge in [0.15, 0.2) is 0 Å². The van der Waals surface area contributed by atoms with E-state index in [0.29, 0.717) is 12.8 Å². The average Bonchev–Trinajstić information content (AvgIpc) is 2.66. The summed E-state index contributed by atoms with van der Waals surface area (Å²) in [5.74, 6) is -0.814. The standard InChI is InChI=1S/C15H22N2O3S/c1-9-7-12(11(3)21-9)10(2)17-14(20)16-8-15(13(18)19)5-4-6-15/h7,10H,4-6,8H2,1-3H3,(H,18,19)(H2,16,17,20). The summed E-state index contributed by atoms with van der Waals surface area (Å²) in [4.78, 5) is 25.6. The number of urea groups is 1. The summed E-state index contributed by atoms with van der Waals surface area (Å²) >= 11 is 1.71. The number of aryl methyl sites for hydroxylation is 2. The zero-order valence-corrected chi connectivity index (χ0v) is 13.5. The van der Waals surface area contributed by atoms with Crippen LogP contribution < -0.4 is 10.6 Å². The molecule has 21 heavy (non-hydrogen) atoms. The van der Waals surface area contributed by atoms with Gasteiger partial charge in [0.05, 0.1) is 11.5 Å². The Balaban J connectivity index is 1.87. The first-order valence-corrected chi connectivity index (χ1v) is 8.00. The normalized spacial score (nSPS) is 17.7. The molecule has 1 atom stereocenters. The topological polar surface area (TPSA) is 78.4 Å². The molecule has 2 rings (SSSR count). The van der Waals surface area contributed by atoms with Gasteiger partial charge in [-0.15, -0.1) is 11.3 Å². The van der Waals surface area contributed by atoms with Crippen LogP contribution in [0, 0.1) is 19.3 Å². The lowest BCUT2D eigenvalue weighted by atomic mass is 9.69. The fourth-order valence-electron chi connectivity index (χ4n) is 2.73. The molecule has 1 saturated carbocycles. The number of carboxylic acids is 1. The largest absolute Gasteiger partial charge is 0.481 e. The molecule has 3 N–H and O–H groups in total. The summed E-state index contributed by atoms with van der Waals surface area (Å²) in [7, 11) is 0. The van der Waals surface area contributed by atoms with Crippen molar-refractivity contribution in [1.82, 2.24) is 10.6 Å². The van der Waals surface area contributed by atoms with Gasteiger partial charge in [0.25, 0.3) is 0 Å². The Bertz CT molecular complexity index is 549. The van der Waals surface area contributed by atoms with Crippen LogP contribution in [0.25, 0.3) is 0 Å². The summed E-state index contributed by atoms with van der Waals surface area (Å²) in [6.45, 7) is 6.21. The van der Waals surface area contributed by atoms with Gasteiger partial charge in [-0.05, 0) is 45.2 Å². The van der Waals surface area contributed by atoms with Crippen LogP contribution in [-0.4, -0.2) is 23.7 Å². The maximum Gasteiger partial charge on any atom is 0.315 e. The van der Waals surface area contributed by atoms with Gasteiger partial charge in [0.1, 0.15) is 0 Å². The van der Waals surface area contributed by atoms with Crippen molar-refractivity contribution in [2.75, 3.05) is 6.54 Å². The third-order valence-electron chi connectivity index (χ3n) is 4.25. The number of hydrogen-bond acceptors (Lipinski definition) is 3. The number of carboxylic acid groups (broad SMARTS) is 1. The Hall–Kier alpha value is -1.56. The summed E-state index contributed by atoms with van der Waals surface area (Å²) in [5.41, 5.74) is 0.361. The Labute approximate surface area is 128 Å². The number of carbonyl (C=O) groups excluding carboxylic acids is 1. The number of nitrogens with one attached hydrogen (secondary N) is 2. The molecular formula is C15H22N2O3S. The molecule has 0 saturated heterocycles. The first-order valence-electron chi connectivity index (χ1n) is 7.19. The van der Waals surface area contributed by atoms with Crippen LogP contribution in [0.2, 0.25) is 0 Å². The second kappa shape index (κ2) is 6.05. The first kappa shape index (κ1) is 15.8. The summed E-state index contributed by atoms with van der Waals surface area (Å²) in [6.07, 6.45) is 2.20. The van der Waals surface area contributed by atoms with Crippen LogP contribution in [0.3, 0.4) is 0 Å². The maximum absolute atomic E-state index is 11.9. The highest BCUT2D eigenvalue weighted by Crippen LogP contribution is 2.40. The van der Waals surface area contributed by atoms with E-state index in [4.69, 9.17) is 0 Å². The van der Waals surface area contributed by atoms with Gasteiger partial charge in [-0.3, -0.25) is 4.79 Å². The molecule has 0 spiro atoms. The minimum Gasteiger partial charge on any atom is -0.481 e.